The number of nitrogens with zero attached hydrogens (tertiary/aromatic N) is 3. The predicted octanol–water partition coefficient (Wildman–Crippen LogP) is 2.88. The number of nitrogens with one attached hydrogen (secondary N) is 1. The molecule has 1 aromatic rings. The number of piperidine rings is 2. The molecule has 2 fully saturated rings. The molecule has 160 valence electrons. The summed E-state index contributed by atoms with van der Waals surface area (Å²) in [6, 6.07) is 8.71. The first-order chi connectivity index (χ1) is 14.1. The number of benzene rings is 1. The number of carbonyl (C=O) groups excluding carboxylic acids is 1. The van der Waals surface area contributed by atoms with Crippen LogP contribution in [0.2, 0.25) is 0 Å². The van der Waals surface area contributed by atoms with Gasteiger partial charge in [0.25, 0.3) is 0 Å². The fraction of sp³-hybridized carbons (Fsp3) is 0.652. The molecular formula is C23H36N4O2. The maximum Gasteiger partial charge on any atom is 0.308 e. The zero-order chi connectivity index (χ0) is 20.6. The van der Waals surface area contributed by atoms with Crippen LogP contribution in [0.1, 0.15) is 43.7 Å². The summed E-state index contributed by atoms with van der Waals surface area (Å²) in [6.45, 7) is 8.19. The quantitative estimate of drug-likeness (QED) is 0.468. The Morgan fingerprint density at radius 2 is 1.76 bits per heavy atom. The average Bonchev–Trinajstić information content (AvgIpc) is 2.76. The standard InChI is InChI=1S/C23H36N4O2/c1-18-8-12-26(13-9-18)17-21-7-5-4-6-20(21)16-25-23(24-2)27-14-10-19(11-15-27)22(28)29-3/h4-7,18-19H,8-17H2,1-3H3,(H,24,25). The van der Waals surface area contributed by atoms with Crippen molar-refractivity contribution in [1.29, 1.82) is 0 Å². The van der Waals surface area contributed by atoms with Crippen LogP contribution in [0.15, 0.2) is 29.3 Å². The zero-order valence-electron chi connectivity index (χ0n) is 18.2. The fourth-order valence-corrected chi connectivity index (χ4v) is 4.35. The molecule has 2 saturated heterocycles. The Labute approximate surface area is 175 Å². The van der Waals surface area contributed by atoms with Gasteiger partial charge in [0.1, 0.15) is 0 Å². The lowest BCUT2D eigenvalue weighted by Gasteiger charge is -2.33. The summed E-state index contributed by atoms with van der Waals surface area (Å²) < 4.78 is 4.89. The highest BCUT2D eigenvalue weighted by Crippen LogP contribution is 2.21. The third kappa shape index (κ3) is 5.95. The highest BCUT2D eigenvalue weighted by Gasteiger charge is 2.27. The highest BCUT2D eigenvalue weighted by atomic mass is 16.5. The topological polar surface area (TPSA) is 57.2 Å². The van der Waals surface area contributed by atoms with Crippen molar-refractivity contribution in [2.75, 3.05) is 40.3 Å². The van der Waals surface area contributed by atoms with Gasteiger partial charge in [0, 0.05) is 33.2 Å². The summed E-state index contributed by atoms with van der Waals surface area (Å²) in [5.74, 6) is 1.70. The fourth-order valence-electron chi connectivity index (χ4n) is 4.35. The maximum atomic E-state index is 11.8. The van der Waals surface area contributed by atoms with Crippen LogP contribution in [-0.4, -0.2) is 62.1 Å². The second-order valence-electron chi connectivity index (χ2n) is 8.41. The van der Waals surface area contributed by atoms with Gasteiger partial charge in [-0.25, -0.2) is 0 Å². The molecule has 2 aliphatic rings. The van der Waals surface area contributed by atoms with Crippen LogP contribution in [0, 0.1) is 11.8 Å². The van der Waals surface area contributed by atoms with E-state index in [1.807, 2.05) is 7.05 Å². The van der Waals surface area contributed by atoms with E-state index in [1.165, 1.54) is 44.2 Å². The SMILES string of the molecule is CN=C(NCc1ccccc1CN1CCC(C)CC1)N1CCC(C(=O)OC)CC1. The molecule has 0 aliphatic carbocycles. The van der Waals surface area contributed by atoms with Gasteiger partial charge in [0.15, 0.2) is 5.96 Å². The zero-order valence-corrected chi connectivity index (χ0v) is 18.2. The minimum absolute atomic E-state index is 0.0161. The number of esters is 1. The largest absolute Gasteiger partial charge is 0.469 e. The maximum absolute atomic E-state index is 11.8. The van der Waals surface area contributed by atoms with Gasteiger partial charge in [-0.15, -0.1) is 0 Å². The number of likely N-dealkylation sites (tertiary alicyclic amines) is 2. The Morgan fingerprint density at radius 3 is 2.38 bits per heavy atom. The summed E-state index contributed by atoms with van der Waals surface area (Å²) >= 11 is 0. The molecule has 0 unspecified atom stereocenters. The van der Waals surface area contributed by atoms with Crippen LogP contribution < -0.4 is 5.32 Å². The third-order valence-electron chi connectivity index (χ3n) is 6.37. The van der Waals surface area contributed by atoms with Gasteiger partial charge >= 0.3 is 5.97 Å². The molecule has 0 saturated carbocycles. The van der Waals surface area contributed by atoms with Gasteiger partial charge in [-0.2, -0.15) is 0 Å². The molecule has 29 heavy (non-hydrogen) atoms. The number of ether oxygens (including phenoxy) is 1. The number of hydrogen-bond donors (Lipinski definition) is 1. The van der Waals surface area contributed by atoms with Crippen LogP contribution in [-0.2, 0) is 22.6 Å². The molecule has 6 heteroatoms. The van der Waals surface area contributed by atoms with Gasteiger partial charge in [0.05, 0.1) is 13.0 Å². The minimum Gasteiger partial charge on any atom is -0.469 e. The predicted molar refractivity (Wildman–Crippen MR) is 117 cm³/mol. The minimum atomic E-state index is -0.0892. The number of guanidine groups is 1. The lowest BCUT2D eigenvalue weighted by molar-refractivity contribution is -0.146. The molecule has 2 aliphatic heterocycles. The second kappa shape index (κ2) is 10.6. The molecule has 0 spiro atoms. The van der Waals surface area contributed by atoms with Crippen molar-refractivity contribution >= 4 is 11.9 Å². The summed E-state index contributed by atoms with van der Waals surface area (Å²) in [7, 11) is 3.30. The first-order valence-electron chi connectivity index (χ1n) is 10.9. The van der Waals surface area contributed by atoms with E-state index in [0.717, 1.165) is 50.9 Å². The van der Waals surface area contributed by atoms with E-state index in [2.05, 4.69) is 51.3 Å². The number of carbonyl (C=O) groups is 1. The summed E-state index contributed by atoms with van der Waals surface area (Å²) in [5.41, 5.74) is 2.73. The third-order valence-corrected chi connectivity index (χ3v) is 6.37. The van der Waals surface area contributed by atoms with Crippen molar-refractivity contribution in [1.82, 2.24) is 15.1 Å². The summed E-state index contributed by atoms with van der Waals surface area (Å²) in [6.07, 6.45) is 4.23. The van der Waals surface area contributed by atoms with Crippen molar-refractivity contribution in [3.8, 4) is 0 Å². The first kappa shape index (κ1) is 21.6. The lowest BCUT2D eigenvalue weighted by atomic mass is 9.97. The molecular weight excluding hydrogens is 364 g/mol. The first-order valence-corrected chi connectivity index (χ1v) is 10.9. The number of rotatable bonds is 5. The second-order valence-corrected chi connectivity index (χ2v) is 8.41. The summed E-state index contributed by atoms with van der Waals surface area (Å²) in [4.78, 5) is 21.0. The smallest absolute Gasteiger partial charge is 0.308 e. The molecule has 6 nitrogen and oxygen atoms in total. The Morgan fingerprint density at radius 1 is 1.10 bits per heavy atom. The molecule has 0 bridgehead atoms. The van der Waals surface area contributed by atoms with E-state index in [0.29, 0.717) is 0 Å². The molecule has 1 N–H and O–H groups in total. The molecule has 2 heterocycles. The lowest BCUT2D eigenvalue weighted by Crippen LogP contribution is -2.46. The van der Waals surface area contributed by atoms with E-state index in [-0.39, 0.29) is 11.9 Å². The van der Waals surface area contributed by atoms with E-state index < -0.39 is 0 Å². The van der Waals surface area contributed by atoms with Crippen molar-refractivity contribution in [2.24, 2.45) is 16.8 Å². The number of methoxy groups -OCH3 is 1. The molecule has 1 aromatic carbocycles. The molecule has 3 rings (SSSR count). The van der Waals surface area contributed by atoms with Gasteiger partial charge < -0.3 is 15.0 Å². The van der Waals surface area contributed by atoms with Crippen LogP contribution in [0.4, 0.5) is 0 Å². The normalized spacial score (nSPS) is 20.0. The number of hydrogen-bond acceptors (Lipinski definition) is 4. The Hall–Kier alpha value is -2.08. The van der Waals surface area contributed by atoms with Crippen molar-refractivity contribution in [3.05, 3.63) is 35.4 Å². The van der Waals surface area contributed by atoms with E-state index in [9.17, 15) is 4.79 Å². The molecule has 0 radical (unpaired) electrons. The Kier molecular flexibility index (Phi) is 7.92. The summed E-state index contributed by atoms with van der Waals surface area (Å²) in [5, 5.41) is 3.54. The molecule has 0 aromatic heterocycles. The highest BCUT2D eigenvalue weighted by molar-refractivity contribution is 5.80. The Bertz CT molecular complexity index is 690. The van der Waals surface area contributed by atoms with Gasteiger partial charge in [-0.05, 0) is 55.8 Å². The van der Waals surface area contributed by atoms with Crippen LogP contribution in [0.3, 0.4) is 0 Å². The van der Waals surface area contributed by atoms with E-state index in [4.69, 9.17) is 4.74 Å². The number of aliphatic imine (C=N–C) groups is 1. The average molecular weight is 401 g/mol. The van der Waals surface area contributed by atoms with E-state index >= 15 is 0 Å². The van der Waals surface area contributed by atoms with Crippen LogP contribution in [0.5, 0.6) is 0 Å². The van der Waals surface area contributed by atoms with Crippen molar-refractivity contribution in [2.45, 2.75) is 45.7 Å². The van der Waals surface area contributed by atoms with E-state index in [1.54, 1.807) is 0 Å². The van der Waals surface area contributed by atoms with Crippen molar-refractivity contribution in [3.63, 3.8) is 0 Å². The van der Waals surface area contributed by atoms with Gasteiger partial charge in [0.2, 0.25) is 0 Å². The molecule has 0 atom stereocenters. The Balaban J connectivity index is 1.54. The van der Waals surface area contributed by atoms with Crippen LogP contribution >= 0.6 is 0 Å². The molecule has 0 amide bonds. The van der Waals surface area contributed by atoms with Crippen molar-refractivity contribution < 1.29 is 9.53 Å². The monoisotopic (exact) mass is 400 g/mol. The van der Waals surface area contributed by atoms with Gasteiger partial charge in [-0.3, -0.25) is 14.7 Å². The van der Waals surface area contributed by atoms with Crippen LogP contribution in [0.25, 0.3) is 0 Å². The van der Waals surface area contributed by atoms with Gasteiger partial charge in [-0.1, -0.05) is 31.2 Å².